The largest absolute Gasteiger partial charge is 0.431 e. The van der Waals surface area contributed by atoms with E-state index >= 15 is 0 Å². The molecule has 0 aliphatic heterocycles. The van der Waals surface area contributed by atoms with Gasteiger partial charge in [-0.15, -0.1) is 0 Å². The lowest BCUT2D eigenvalue weighted by molar-refractivity contribution is -0.120. The number of ether oxygens (including phenoxy) is 2. The van der Waals surface area contributed by atoms with Crippen molar-refractivity contribution in [1.82, 2.24) is 15.3 Å². The van der Waals surface area contributed by atoms with Crippen molar-refractivity contribution < 1.29 is 31.8 Å². The van der Waals surface area contributed by atoms with E-state index in [1.807, 2.05) is 42.5 Å². The molecule has 4 aromatic rings. The number of amides is 1. The molecular formula is C29H25F4N3O3. The number of nitrogens with zero attached hydrogens (tertiary/aromatic N) is 2. The SMILES string of the molecule is O=C(Cc1ccc(C(Cc2ccncc2)c2ccc(OC(F)F)c(OC(F)F)c2)cn1)NCc1ccccc1. The highest BCUT2D eigenvalue weighted by atomic mass is 19.3. The smallest absolute Gasteiger partial charge is 0.387 e. The average molecular weight is 540 g/mol. The lowest BCUT2D eigenvalue weighted by Gasteiger charge is -2.20. The molecule has 4 rings (SSSR count). The van der Waals surface area contributed by atoms with Gasteiger partial charge in [0.25, 0.3) is 0 Å². The van der Waals surface area contributed by atoms with E-state index in [0.29, 0.717) is 24.2 Å². The number of hydrogen-bond acceptors (Lipinski definition) is 5. The summed E-state index contributed by atoms with van der Waals surface area (Å²) in [4.78, 5) is 20.9. The highest BCUT2D eigenvalue weighted by Gasteiger charge is 2.21. The monoisotopic (exact) mass is 539 g/mol. The summed E-state index contributed by atoms with van der Waals surface area (Å²) in [6.07, 6.45) is 5.39. The Balaban J connectivity index is 1.56. The van der Waals surface area contributed by atoms with Crippen molar-refractivity contribution in [2.45, 2.75) is 38.5 Å². The molecule has 1 amide bonds. The van der Waals surface area contributed by atoms with Crippen LogP contribution in [0.2, 0.25) is 0 Å². The highest BCUT2D eigenvalue weighted by molar-refractivity contribution is 5.78. The van der Waals surface area contributed by atoms with Gasteiger partial charge in [-0.1, -0.05) is 42.5 Å². The van der Waals surface area contributed by atoms with Crippen LogP contribution in [-0.2, 0) is 24.2 Å². The van der Waals surface area contributed by atoms with E-state index in [0.717, 1.165) is 16.7 Å². The zero-order valence-corrected chi connectivity index (χ0v) is 20.6. The first-order valence-corrected chi connectivity index (χ1v) is 12.1. The predicted octanol–water partition coefficient (Wildman–Crippen LogP) is 5.91. The van der Waals surface area contributed by atoms with Crippen molar-refractivity contribution in [1.29, 1.82) is 0 Å². The fraction of sp³-hybridized carbons (Fsp3) is 0.207. The summed E-state index contributed by atoms with van der Waals surface area (Å²) in [6, 6.07) is 20.6. The number of carbonyl (C=O) groups is 1. The third kappa shape index (κ3) is 8.26. The van der Waals surface area contributed by atoms with Crippen LogP contribution in [0.4, 0.5) is 17.6 Å². The van der Waals surface area contributed by atoms with Gasteiger partial charge in [-0.2, -0.15) is 17.6 Å². The third-order valence-electron chi connectivity index (χ3n) is 5.92. The van der Waals surface area contributed by atoms with Gasteiger partial charge >= 0.3 is 13.2 Å². The number of hydrogen-bond donors (Lipinski definition) is 1. The van der Waals surface area contributed by atoms with Crippen LogP contribution in [0.25, 0.3) is 0 Å². The number of rotatable bonds is 12. The van der Waals surface area contributed by atoms with Gasteiger partial charge in [0, 0.05) is 36.7 Å². The molecule has 1 atom stereocenters. The maximum atomic E-state index is 13.0. The molecule has 2 aromatic carbocycles. The van der Waals surface area contributed by atoms with Gasteiger partial charge in [-0.05, 0) is 59.0 Å². The molecule has 2 aromatic heterocycles. The van der Waals surface area contributed by atoms with Crippen molar-refractivity contribution in [3.63, 3.8) is 0 Å². The molecule has 0 spiro atoms. The van der Waals surface area contributed by atoms with Gasteiger partial charge in [-0.3, -0.25) is 14.8 Å². The second kappa shape index (κ2) is 13.4. The first-order valence-electron chi connectivity index (χ1n) is 12.1. The second-order valence-corrected chi connectivity index (χ2v) is 8.60. The molecule has 2 heterocycles. The zero-order valence-electron chi connectivity index (χ0n) is 20.6. The van der Waals surface area contributed by atoms with Crippen molar-refractivity contribution in [2.75, 3.05) is 0 Å². The Morgan fingerprint density at radius 1 is 0.795 bits per heavy atom. The Labute approximate surface area is 222 Å². The summed E-state index contributed by atoms with van der Waals surface area (Å²) in [5.41, 5.74) is 3.69. The summed E-state index contributed by atoms with van der Waals surface area (Å²) < 4.78 is 60.5. The number of nitrogens with one attached hydrogen (secondary N) is 1. The summed E-state index contributed by atoms with van der Waals surface area (Å²) in [6.45, 7) is -6.03. The third-order valence-corrected chi connectivity index (χ3v) is 5.92. The summed E-state index contributed by atoms with van der Waals surface area (Å²) in [5, 5.41) is 2.86. The molecule has 0 saturated carbocycles. The molecule has 0 saturated heterocycles. The van der Waals surface area contributed by atoms with Crippen molar-refractivity contribution in [3.8, 4) is 11.5 Å². The van der Waals surface area contributed by atoms with Crippen molar-refractivity contribution in [2.24, 2.45) is 0 Å². The fourth-order valence-corrected chi connectivity index (χ4v) is 4.08. The van der Waals surface area contributed by atoms with E-state index in [1.165, 1.54) is 18.2 Å². The number of carbonyl (C=O) groups excluding carboxylic acids is 1. The van der Waals surface area contributed by atoms with E-state index in [-0.39, 0.29) is 12.3 Å². The topological polar surface area (TPSA) is 73.3 Å². The van der Waals surface area contributed by atoms with Crippen LogP contribution in [-0.4, -0.2) is 29.1 Å². The second-order valence-electron chi connectivity index (χ2n) is 8.60. The minimum Gasteiger partial charge on any atom is -0.431 e. The van der Waals surface area contributed by atoms with Gasteiger partial charge in [0.2, 0.25) is 5.91 Å². The molecular weight excluding hydrogens is 514 g/mol. The lowest BCUT2D eigenvalue weighted by Crippen LogP contribution is -2.24. The Morgan fingerprint density at radius 2 is 1.49 bits per heavy atom. The Hall–Kier alpha value is -4.47. The molecule has 39 heavy (non-hydrogen) atoms. The molecule has 1 N–H and O–H groups in total. The Bertz CT molecular complexity index is 1340. The van der Waals surface area contributed by atoms with Crippen molar-refractivity contribution in [3.05, 3.63) is 119 Å². The Morgan fingerprint density at radius 3 is 2.15 bits per heavy atom. The Kier molecular flexibility index (Phi) is 9.44. The number of alkyl halides is 4. The first kappa shape index (κ1) is 27.6. The van der Waals surface area contributed by atoms with Gasteiger partial charge in [0.1, 0.15) is 0 Å². The van der Waals surface area contributed by atoms with E-state index in [4.69, 9.17) is 0 Å². The number of benzene rings is 2. The highest BCUT2D eigenvalue weighted by Crippen LogP contribution is 2.36. The van der Waals surface area contributed by atoms with Crippen LogP contribution < -0.4 is 14.8 Å². The molecule has 0 aliphatic carbocycles. The quantitative estimate of drug-likeness (QED) is 0.227. The molecule has 6 nitrogen and oxygen atoms in total. The predicted molar refractivity (Wildman–Crippen MR) is 136 cm³/mol. The lowest BCUT2D eigenvalue weighted by atomic mass is 9.86. The van der Waals surface area contributed by atoms with E-state index in [1.54, 1.807) is 30.7 Å². The first-order chi connectivity index (χ1) is 18.9. The number of halogens is 4. The van der Waals surface area contributed by atoms with E-state index < -0.39 is 30.6 Å². The summed E-state index contributed by atoms with van der Waals surface area (Å²) in [5.74, 6) is -1.58. The summed E-state index contributed by atoms with van der Waals surface area (Å²) in [7, 11) is 0. The minimum absolute atomic E-state index is 0.0776. The molecule has 1 unspecified atom stereocenters. The van der Waals surface area contributed by atoms with E-state index in [9.17, 15) is 22.4 Å². The molecule has 202 valence electrons. The molecule has 0 aliphatic rings. The fourth-order valence-electron chi connectivity index (χ4n) is 4.08. The van der Waals surface area contributed by atoms with Crippen LogP contribution in [0, 0.1) is 0 Å². The molecule has 10 heteroatoms. The van der Waals surface area contributed by atoms with Gasteiger partial charge in [0.05, 0.1) is 6.42 Å². The van der Waals surface area contributed by atoms with Crippen LogP contribution in [0.1, 0.15) is 33.9 Å². The van der Waals surface area contributed by atoms with E-state index in [2.05, 4.69) is 24.8 Å². The van der Waals surface area contributed by atoms with Gasteiger partial charge in [-0.25, -0.2) is 0 Å². The molecule has 0 bridgehead atoms. The van der Waals surface area contributed by atoms with Gasteiger partial charge in [0.15, 0.2) is 11.5 Å². The standard InChI is InChI=1S/C29H25F4N3O3/c30-28(31)38-25-9-7-21(15-26(25)39-29(32)33)24(14-19-10-12-34-13-11-19)22-6-8-23(35-18-22)16-27(37)36-17-20-4-2-1-3-5-20/h1-13,15,18,24,28-29H,14,16-17H2,(H,36,37). The van der Waals surface area contributed by atoms with Gasteiger partial charge < -0.3 is 14.8 Å². The molecule has 0 radical (unpaired) electrons. The number of aromatic nitrogens is 2. The van der Waals surface area contributed by atoms with Crippen LogP contribution in [0.5, 0.6) is 11.5 Å². The maximum Gasteiger partial charge on any atom is 0.387 e. The number of pyridine rings is 2. The summed E-state index contributed by atoms with van der Waals surface area (Å²) >= 11 is 0. The van der Waals surface area contributed by atoms with Crippen LogP contribution in [0.15, 0.2) is 91.4 Å². The molecule has 0 fully saturated rings. The average Bonchev–Trinajstić information content (AvgIpc) is 2.93. The minimum atomic E-state index is -3.23. The van der Waals surface area contributed by atoms with Crippen LogP contribution in [0.3, 0.4) is 0 Å². The van der Waals surface area contributed by atoms with Crippen LogP contribution >= 0.6 is 0 Å². The maximum absolute atomic E-state index is 13.0. The normalized spacial score (nSPS) is 11.8. The zero-order chi connectivity index (χ0) is 27.6. The van der Waals surface area contributed by atoms with Crippen molar-refractivity contribution >= 4 is 5.91 Å².